The van der Waals surface area contributed by atoms with Gasteiger partial charge in [0.1, 0.15) is 5.82 Å². The molecule has 3 heterocycles. The molecule has 1 atom stereocenters. The third-order valence-corrected chi connectivity index (χ3v) is 5.96. The zero-order valence-electron chi connectivity index (χ0n) is 17.4. The van der Waals surface area contributed by atoms with Crippen LogP contribution in [-0.4, -0.2) is 58.1 Å². The van der Waals surface area contributed by atoms with Crippen LogP contribution in [0, 0.1) is 5.82 Å². The van der Waals surface area contributed by atoms with E-state index in [1.165, 1.54) is 6.07 Å². The first-order chi connectivity index (χ1) is 15.2. The van der Waals surface area contributed by atoms with Crippen LogP contribution in [0.5, 0.6) is 11.5 Å². The summed E-state index contributed by atoms with van der Waals surface area (Å²) in [6.45, 7) is 6.14. The Labute approximate surface area is 180 Å². The van der Waals surface area contributed by atoms with Crippen molar-refractivity contribution in [3.8, 4) is 11.5 Å². The molecule has 2 aliphatic heterocycles. The molecule has 1 unspecified atom stereocenters. The van der Waals surface area contributed by atoms with Gasteiger partial charge in [0.05, 0.1) is 18.3 Å². The first-order valence-electron chi connectivity index (χ1n) is 10.6. The van der Waals surface area contributed by atoms with E-state index in [1.807, 2.05) is 35.0 Å². The minimum absolute atomic E-state index is 0.104. The van der Waals surface area contributed by atoms with E-state index in [2.05, 4.69) is 32.2 Å². The second kappa shape index (κ2) is 8.50. The lowest BCUT2D eigenvalue weighted by molar-refractivity contribution is 0.169. The Morgan fingerprint density at radius 3 is 2.65 bits per heavy atom. The molecule has 8 nitrogen and oxygen atoms in total. The summed E-state index contributed by atoms with van der Waals surface area (Å²) >= 11 is 0. The SMILES string of the molecule is CCC(c1nnnn1Cc1ccc2c(c1)OCO2)N1CCN(c2ccccc2F)CC1. The van der Waals surface area contributed by atoms with Gasteiger partial charge in [-0.3, -0.25) is 4.90 Å². The van der Waals surface area contributed by atoms with Crippen LogP contribution in [0.2, 0.25) is 0 Å². The fourth-order valence-electron chi connectivity index (χ4n) is 4.36. The quantitative estimate of drug-likeness (QED) is 0.603. The van der Waals surface area contributed by atoms with Crippen LogP contribution in [0.1, 0.15) is 30.8 Å². The number of piperazine rings is 1. The maximum atomic E-state index is 14.2. The smallest absolute Gasteiger partial charge is 0.231 e. The number of tetrazole rings is 1. The summed E-state index contributed by atoms with van der Waals surface area (Å²) in [6.07, 6.45) is 0.890. The van der Waals surface area contributed by atoms with Crippen LogP contribution in [0.4, 0.5) is 10.1 Å². The second-order valence-electron chi connectivity index (χ2n) is 7.78. The maximum absolute atomic E-state index is 14.2. The van der Waals surface area contributed by atoms with Crippen LogP contribution in [0.25, 0.3) is 0 Å². The van der Waals surface area contributed by atoms with Crippen molar-refractivity contribution in [1.29, 1.82) is 0 Å². The molecule has 0 amide bonds. The molecule has 0 saturated carbocycles. The molecular weight excluding hydrogens is 399 g/mol. The Balaban J connectivity index is 1.29. The molecule has 0 bridgehead atoms. The predicted molar refractivity (Wildman–Crippen MR) is 113 cm³/mol. The van der Waals surface area contributed by atoms with Gasteiger partial charge in [-0.2, -0.15) is 0 Å². The highest BCUT2D eigenvalue weighted by atomic mass is 19.1. The van der Waals surface area contributed by atoms with Crippen LogP contribution in [0.3, 0.4) is 0 Å². The third-order valence-electron chi connectivity index (χ3n) is 5.96. The number of ether oxygens (including phenoxy) is 2. The summed E-state index contributed by atoms with van der Waals surface area (Å²) in [5.41, 5.74) is 1.72. The number of hydrogen-bond acceptors (Lipinski definition) is 7. The monoisotopic (exact) mass is 424 g/mol. The standard InChI is InChI=1S/C22H25FN6O2/c1-2-18(27-9-11-28(12-10-27)19-6-4-3-5-17(19)23)22-24-25-26-29(22)14-16-7-8-20-21(13-16)31-15-30-20/h3-8,13,18H,2,9-12,14-15H2,1H3. The van der Waals surface area contributed by atoms with Gasteiger partial charge >= 0.3 is 0 Å². The molecule has 2 aromatic carbocycles. The van der Waals surface area contributed by atoms with Gasteiger partial charge in [0, 0.05) is 26.2 Å². The first-order valence-corrected chi connectivity index (χ1v) is 10.6. The average Bonchev–Trinajstić information content (AvgIpc) is 3.45. The lowest BCUT2D eigenvalue weighted by atomic mass is 10.1. The third kappa shape index (κ3) is 3.93. The minimum Gasteiger partial charge on any atom is -0.454 e. The van der Waals surface area contributed by atoms with Gasteiger partial charge < -0.3 is 14.4 Å². The van der Waals surface area contributed by atoms with Gasteiger partial charge in [-0.1, -0.05) is 25.1 Å². The highest BCUT2D eigenvalue weighted by Crippen LogP contribution is 2.33. The molecule has 9 heteroatoms. The van der Waals surface area contributed by atoms with E-state index in [0.717, 1.165) is 55.5 Å². The van der Waals surface area contributed by atoms with Crippen molar-refractivity contribution in [2.75, 3.05) is 37.9 Å². The zero-order chi connectivity index (χ0) is 21.2. The number of rotatable bonds is 6. The highest BCUT2D eigenvalue weighted by Gasteiger charge is 2.28. The van der Waals surface area contributed by atoms with E-state index in [4.69, 9.17) is 9.47 Å². The van der Waals surface area contributed by atoms with Crippen molar-refractivity contribution in [2.45, 2.75) is 25.9 Å². The lowest BCUT2D eigenvalue weighted by Crippen LogP contribution is -2.48. The van der Waals surface area contributed by atoms with Crippen LogP contribution in [-0.2, 0) is 6.54 Å². The maximum Gasteiger partial charge on any atom is 0.231 e. The van der Waals surface area contributed by atoms with Gasteiger partial charge in [0.15, 0.2) is 17.3 Å². The first kappa shape index (κ1) is 19.7. The van der Waals surface area contributed by atoms with E-state index in [-0.39, 0.29) is 18.7 Å². The second-order valence-corrected chi connectivity index (χ2v) is 7.78. The molecule has 5 rings (SSSR count). The molecule has 0 radical (unpaired) electrons. The zero-order valence-corrected chi connectivity index (χ0v) is 17.4. The fraction of sp³-hybridized carbons (Fsp3) is 0.409. The molecular formula is C22H25FN6O2. The van der Waals surface area contributed by atoms with E-state index in [9.17, 15) is 4.39 Å². The van der Waals surface area contributed by atoms with Crippen molar-refractivity contribution < 1.29 is 13.9 Å². The van der Waals surface area contributed by atoms with Gasteiger partial charge in [-0.15, -0.1) is 5.10 Å². The summed E-state index contributed by atoms with van der Waals surface area (Å²) in [6, 6.07) is 13.0. The van der Waals surface area contributed by atoms with Crippen LogP contribution in [0.15, 0.2) is 42.5 Å². The highest BCUT2D eigenvalue weighted by molar-refractivity contribution is 5.48. The summed E-state index contributed by atoms with van der Waals surface area (Å²) < 4.78 is 26.9. The molecule has 1 saturated heterocycles. The molecule has 0 N–H and O–H groups in total. The fourth-order valence-corrected chi connectivity index (χ4v) is 4.36. The van der Waals surface area contributed by atoms with Crippen molar-refractivity contribution in [3.63, 3.8) is 0 Å². The molecule has 1 aromatic heterocycles. The van der Waals surface area contributed by atoms with Crippen molar-refractivity contribution in [2.24, 2.45) is 0 Å². The van der Waals surface area contributed by atoms with E-state index < -0.39 is 0 Å². The molecule has 0 aliphatic carbocycles. The van der Waals surface area contributed by atoms with Crippen molar-refractivity contribution >= 4 is 5.69 Å². The summed E-state index contributed by atoms with van der Waals surface area (Å²) in [5.74, 6) is 2.19. The number of aromatic nitrogens is 4. The van der Waals surface area contributed by atoms with Gasteiger partial charge in [-0.25, -0.2) is 9.07 Å². The topological polar surface area (TPSA) is 68.5 Å². The number of para-hydroxylation sites is 1. The van der Waals surface area contributed by atoms with E-state index >= 15 is 0 Å². The Morgan fingerprint density at radius 2 is 1.84 bits per heavy atom. The molecule has 1 fully saturated rings. The number of benzene rings is 2. The Kier molecular flexibility index (Phi) is 5.42. The van der Waals surface area contributed by atoms with Crippen LogP contribution >= 0.6 is 0 Å². The molecule has 3 aromatic rings. The van der Waals surface area contributed by atoms with Gasteiger partial charge in [-0.05, 0) is 46.7 Å². The van der Waals surface area contributed by atoms with E-state index in [0.29, 0.717) is 12.2 Å². The van der Waals surface area contributed by atoms with Gasteiger partial charge in [0.2, 0.25) is 6.79 Å². The Hall–Kier alpha value is -3.20. The normalized spacial score (nSPS) is 17.2. The number of halogens is 1. The summed E-state index contributed by atoms with van der Waals surface area (Å²) in [5, 5.41) is 12.5. The Bertz CT molecular complexity index is 1050. The number of anilines is 1. The summed E-state index contributed by atoms with van der Waals surface area (Å²) in [7, 11) is 0. The average molecular weight is 424 g/mol. The number of nitrogens with zero attached hydrogens (tertiary/aromatic N) is 6. The molecule has 162 valence electrons. The molecule has 2 aliphatic rings. The lowest BCUT2D eigenvalue weighted by Gasteiger charge is -2.39. The molecule has 0 spiro atoms. The summed E-state index contributed by atoms with van der Waals surface area (Å²) in [4.78, 5) is 4.49. The van der Waals surface area contributed by atoms with Crippen molar-refractivity contribution in [1.82, 2.24) is 25.1 Å². The minimum atomic E-state index is -0.171. The molecule has 31 heavy (non-hydrogen) atoms. The van der Waals surface area contributed by atoms with E-state index in [1.54, 1.807) is 6.07 Å². The van der Waals surface area contributed by atoms with Crippen LogP contribution < -0.4 is 14.4 Å². The van der Waals surface area contributed by atoms with Crippen molar-refractivity contribution in [3.05, 3.63) is 59.7 Å². The predicted octanol–water partition coefficient (Wildman–Crippen LogP) is 2.86. The number of hydrogen-bond donors (Lipinski definition) is 0. The largest absolute Gasteiger partial charge is 0.454 e. The van der Waals surface area contributed by atoms with Gasteiger partial charge in [0.25, 0.3) is 0 Å². The Morgan fingerprint density at radius 1 is 1.03 bits per heavy atom. The number of fused-ring (bicyclic) bond motifs is 1.